The minimum Gasteiger partial charge on any atom is -0.298 e. The van der Waals surface area contributed by atoms with E-state index in [9.17, 15) is 4.79 Å². The Morgan fingerprint density at radius 1 is 1.11 bits per heavy atom. The summed E-state index contributed by atoms with van der Waals surface area (Å²) in [7, 11) is -1.31. The molecule has 1 rings (SSSR count). The Bertz CT molecular complexity index is 421. The van der Waals surface area contributed by atoms with Gasteiger partial charge in [-0.15, -0.1) is 0 Å². The summed E-state index contributed by atoms with van der Waals surface area (Å²) in [4.78, 5) is 10.6. The van der Waals surface area contributed by atoms with Crippen molar-refractivity contribution < 1.29 is 4.79 Å². The van der Waals surface area contributed by atoms with Crippen LogP contribution in [0.1, 0.15) is 36.7 Å². The number of allylic oxidation sites excluding steroid dienone is 1. The van der Waals surface area contributed by atoms with Crippen LogP contribution < -0.4 is 0 Å². The van der Waals surface area contributed by atoms with E-state index in [-0.39, 0.29) is 0 Å². The van der Waals surface area contributed by atoms with Gasteiger partial charge in [-0.3, -0.25) is 4.79 Å². The zero-order valence-electron chi connectivity index (χ0n) is 12.2. The Hall–Kier alpha value is -1.15. The smallest absolute Gasteiger partial charge is 0.150 e. The highest BCUT2D eigenvalue weighted by Crippen LogP contribution is 2.36. The number of rotatable bonds is 4. The standard InChI is InChI=1S/C16H24OSi/c1-16(2,3)18(4,5)12-6-7-14-8-10-15(13-17)11-9-14/h6,8-13H,7H2,1-5H3/b12-6-. The maximum atomic E-state index is 10.6. The van der Waals surface area contributed by atoms with Gasteiger partial charge < -0.3 is 0 Å². The minimum absolute atomic E-state index is 0.394. The van der Waals surface area contributed by atoms with Crippen molar-refractivity contribution in [3.05, 3.63) is 47.2 Å². The molecule has 2 heteroatoms. The fourth-order valence-electron chi connectivity index (χ4n) is 1.47. The summed E-state index contributed by atoms with van der Waals surface area (Å²) in [5.74, 6) is 0. The van der Waals surface area contributed by atoms with Crippen molar-refractivity contribution in [3.63, 3.8) is 0 Å². The predicted molar refractivity (Wildman–Crippen MR) is 81.9 cm³/mol. The van der Waals surface area contributed by atoms with Gasteiger partial charge in [0.05, 0.1) is 8.07 Å². The molecule has 0 saturated carbocycles. The van der Waals surface area contributed by atoms with Crippen molar-refractivity contribution >= 4 is 14.4 Å². The van der Waals surface area contributed by atoms with Gasteiger partial charge in [0.2, 0.25) is 0 Å². The van der Waals surface area contributed by atoms with Crippen molar-refractivity contribution in [2.45, 2.75) is 45.3 Å². The van der Waals surface area contributed by atoms with E-state index in [0.29, 0.717) is 5.04 Å². The average Bonchev–Trinajstić information content (AvgIpc) is 2.28. The van der Waals surface area contributed by atoms with Crippen molar-refractivity contribution in [3.8, 4) is 0 Å². The van der Waals surface area contributed by atoms with E-state index in [0.717, 1.165) is 18.3 Å². The SMILES string of the molecule is CC(C)(C)[Si](C)(C)/C=C\Cc1ccc(C=O)cc1. The van der Waals surface area contributed by atoms with Crippen LogP contribution in [0.4, 0.5) is 0 Å². The molecule has 0 heterocycles. The Kier molecular flexibility index (Phi) is 4.69. The van der Waals surface area contributed by atoms with E-state index in [1.807, 2.05) is 24.3 Å². The van der Waals surface area contributed by atoms with Gasteiger partial charge in [0.1, 0.15) is 6.29 Å². The number of aldehydes is 1. The Morgan fingerprint density at radius 3 is 2.11 bits per heavy atom. The van der Waals surface area contributed by atoms with Crippen molar-refractivity contribution in [2.75, 3.05) is 0 Å². The van der Waals surface area contributed by atoms with Crippen molar-refractivity contribution in [2.24, 2.45) is 0 Å². The van der Waals surface area contributed by atoms with Gasteiger partial charge in [-0.05, 0) is 17.0 Å². The van der Waals surface area contributed by atoms with E-state index >= 15 is 0 Å². The average molecular weight is 260 g/mol. The fourth-order valence-corrected chi connectivity index (χ4v) is 2.68. The van der Waals surface area contributed by atoms with Crippen LogP contribution in [0.2, 0.25) is 18.1 Å². The summed E-state index contributed by atoms with van der Waals surface area (Å²) in [5, 5.41) is 0.394. The molecule has 0 spiro atoms. The van der Waals surface area contributed by atoms with Crippen LogP contribution in [0.3, 0.4) is 0 Å². The molecule has 1 nitrogen and oxygen atoms in total. The van der Waals surface area contributed by atoms with Crippen LogP contribution in [-0.2, 0) is 6.42 Å². The first-order valence-electron chi connectivity index (χ1n) is 6.48. The van der Waals surface area contributed by atoms with E-state index in [1.165, 1.54) is 5.56 Å². The van der Waals surface area contributed by atoms with Gasteiger partial charge in [-0.1, -0.05) is 69.9 Å². The number of hydrogen-bond donors (Lipinski definition) is 0. The van der Waals surface area contributed by atoms with Crippen LogP contribution >= 0.6 is 0 Å². The normalized spacial score (nSPS) is 12.9. The second kappa shape index (κ2) is 5.66. The highest BCUT2D eigenvalue weighted by molar-refractivity contribution is 6.84. The Balaban J connectivity index is 2.67. The highest BCUT2D eigenvalue weighted by Gasteiger charge is 2.31. The highest BCUT2D eigenvalue weighted by atomic mass is 28.3. The van der Waals surface area contributed by atoms with Crippen LogP contribution in [0, 0.1) is 0 Å². The first-order chi connectivity index (χ1) is 8.26. The molecule has 0 atom stereocenters. The van der Waals surface area contributed by atoms with Gasteiger partial charge in [-0.2, -0.15) is 0 Å². The maximum absolute atomic E-state index is 10.6. The first-order valence-corrected chi connectivity index (χ1v) is 9.56. The molecule has 0 aliphatic heterocycles. The van der Waals surface area contributed by atoms with Gasteiger partial charge in [-0.25, -0.2) is 0 Å². The van der Waals surface area contributed by atoms with E-state index < -0.39 is 8.07 Å². The molecule has 1 aromatic carbocycles. The molecule has 0 fully saturated rings. The van der Waals surface area contributed by atoms with Gasteiger partial charge >= 0.3 is 0 Å². The summed E-state index contributed by atoms with van der Waals surface area (Å²) in [6.45, 7) is 11.8. The minimum atomic E-state index is -1.31. The van der Waals surface area contributed by atoms with E-state index in [1.54, 1.807) is 0 Å². The summed E-state index contributed by atoms with van der Waals surface area (Å²) in [5.41, 5.74) is 4.43. The Labute approximate surface area is 112 Å². The van der Waals surface area contributed by atoms with E-state index in [4.69, 9.17) is 0 Å². The molecule has 0 N–H and O–H groups in total. The third-order valence-corrected chi connectivity index (χ3v) is 8.87. The van der Waals surface area contributed by atoms with Gasteiger partial charge in [0.15, 0.2) is 0 Å². The topological polar surface area (TPSA) is 17.1 Å². The van der Waals surface area contributed by atoms with Crippen molar-refractivity contribution in [1.82, 2.24) is 0 Å². The summed E-state index contributed by atoms with van der Waals surface area (Å²) < 4.78 is 0. The summed E-state index contributed by atoms with van der Waals surface area (Å²) in [6, 6.07) is 7.81. The third kappa shape index (κ3) is 3.95. The number of carbonyl (C=O) groups excluding carboxylic acids is 1. The lowest BCUT2D eigenvalue weighted by Crippen LogP contribution is -2.34. The van der Waals surface area contributed by atoms with Crippen LogP contribution in [0.15, 0.2) is 36.0 Å². The molecule has 0 radical (unpaired) electrons. The lowest BCUT2D eigenvalue weighted by Gasteiger charge is -2.34. The molecular weight excluding hydrogens is 236 g/mol. The molecule has 0 saturated heterocycles. The molecule has 0 amide bonds. The number of benzene rings is 1. The second-order valence-electron chi connectivity index (χ2n) is 6.44. The fraction of sp³-hybridized carbons (Fsp3) is 0.438. The molecule has 0 unspecified atom stereocenters. The van der Waals surface area contributed by atoms with Crippen molar-refractivity contribution in [1.29, 1.82) is 0 Å². The maximum Gasteiger partial charge on any atom is 0.150 e. The Morgan fingerprint density at radius 2 is 1.67 bits per heavy atom. The lowest BCUT2D eigenvalue weighted by molar-refractivity contribution is 0.112. The lowest BCUT2D eigenvalue weighted by atomic mass is 10.1. The largest absolute Gasteiger partial charge is 0.298 e. The molecule has 0 aliphatic rings. The molecule has 0 aliphatic carbocycles. The van der Waals surface area contributed by atoms with Crippen LogP contribution in [0.25, 0.3) is 0 Å². The molecule has 0 bridgehead atoms. The summed E-state index contributed by atoms with van der Waals surface area (Å²) >= 11 is 0. The summed E-state index contributed by atoms with van der Waals surface area (Å²) in [6.07, 6.45) is 4.12. The monoisotopic (exact) mass is 260 g/mol. The zero-order chi connectivity index (χ0) is 13.8. The van der Waals surface area contributed by atoms with Crippen LogP contribution in [0.5, 0.6) is 0 Å². The van der Waals surface area contributed by atoms with Gasteiger partial charge in [0, 0.05) is 5.56 Å². The third-order valence-electron chi connectivity index (χ3n) is 3.94. The number of carbonyl (C=O) groups is 1. The molecule has 98 valence electrons. The molecule has 0 aromatic heterocycles. The predicted octanol–water partition coefficient (Wildman–Crippen LogP) is 4.65. The molecule has 18 heavy (non-hydrogen) atoms. The first kappa shape index (κ1) is 14.9. The van der Waals surface area contributed by atoms with Gasteiger partial charge in [0.25, 0.3) is 0 Å². The van der Waals surface area contributed by atoms with Crippen LogP contribution in [-0.4, -0.2) is 14.4 Å². The second-order valence-corrected chi connectivity index (χ2v) is 11.7. The quantitative estimate of drug-likeness (QED) is 0.569. The van der Waals surface area contributed by atoms with E-state index in [2.05, 4.69) is 45.6 Å². The molecular formula is C16H24OSi. The molecule has 1 aromatic rings. The zero-order valence-corrected chi connectivity index (χ0v) is 13.2. The number of hydrogen-bond acceptors (Lipinski definition) is 1.